The molecule has 0 bridgehead atoms. The molecule has 0 saturated carbocycles. The van der Waals surface area contributed by atoms with Crippen LogP contribution in [0.15, 0.2) is 48.5 Å². The van der Waals surface area contributed by atoms with Crippen molar-refractivity contribution in [3.05, 3.63) is 59.7 Å². The molecule has 0 radical (unpaired) electrons. The number of amides is 1. The Hall–Kier alpha value is -2.53. The van der Waals surface area contributed by atoms with E-state index in [1.807, 2.05) is 23.1 Å². The summed E-state index contributed by atoms with van der Waals surface area (Å²) in [4.78, 5) is 19.1. The van der Waals surface area contributed by atoms with Crippen molar-refractivity contribution in [3.63, 3.8) is 0 Å². The molecule has 2 heterocycles. The van der Waals surface area contributed by atoms with Crippen molar-refractivity contribution in [1.29, 1.82) is 0 Å². The second-order valence-electron chi connectivity index (χ2n) is 7.96. The molecule has 2 aliphatic heterocycles. The van der Waals surface area contributed by atoms with E-state index in [2.05, 4.69) is 54.0 Å². The minimum atomic E-state index is 0.115. The lowest BCUT2D eigenvalue weighted by Gasteiger charge is -2.41. The largest absolute Gasteiger partial charge is 0.487 e. The number of carbonyl (C=O) groups excluding carboxylic acids is 1. The Morgan fingerprint density at radius 3 is 2.32 bits per heavy atom. The van der Waals surface area contributed by atoms with Crippen LogP contribution in [0.3, 0.4) is 0 Å². The maximum Gasteiger partial charge on any atom is 0.237 e. The van der Waals surface area contributed by atoms with Crippen LogP contribution < -0.4 is 9.64 Å². The molecule has 4 rings (SSSR count). The summed E-state index contributed by atoms with van der Waals surface area (Å²) in [5.41, 5.74) is 3.76. The third kappa shape index (κ3) is 4.47. The van der Waals surface area contributed by atoms with Gasteiger partial charge in [-0.25, -0.2) is 0 Å². The van der Waals surface area contributed by atoms with Gasteiger partial charge in [0.2, 0.25) is 5.91 Å². The number of carbonyl (C=O) groups is 1. The van der Waals surface area contributed by atoms with Crippen LogP contribution in [-0.4, -0.2) is 67.6 Å². The van der Waals surface area contributed by atoms with Gasteiger partial charge in [0.05, 0.1) is 19.6 Å². The number of hydrogen-bond donors (Lipinski definition) is 0. The average Bonchev–Trinajstić information content (AvgIpc) is 2.65. The Balaban J connectivity index is 1.19. The van der Waals surface area contributed by atoms with Gasteiger partial charge in [0.15, 0.2) is 0 Å². The molecule has 2 aromatic carbocycles. The van der Waals surface area contributed by atoms with Crippen LogP contribution in [-0.2, 0) is 4.79 Å². The standard InChI is InChI=1S/C23H29N3O2/c1-18-5-3-7-20(13-18)25-11-9-24(10-12-25)17-23(27)26-15-22(16-26)28-21-8-4-6-19(2)14-21/h3-8,13-14,22H,9-12,15-17H2,1-2H3. The first-order valence-corrected chi connectivity index (χ1v) is 10.1. The van der Waals surface area contributed by atoms with Gasteiger partial charge in [0.25, 0.3) is 0 Å². The predicted molar refractivity (Wildman–Crippen MR) is 112 cm³/mol. The molecular formula is C23H29N3O2. The normalized spacial score (nSPS) is 18.1. The highest BCUT2D eigenvalue weighted by Gasteiger charge is 2.33. The van der Waals surface area contributed by atoms with Crippen molar-refractivity contribution in [1.82, 2.24) is 9.80 Å². The predicted octanol–water partition coefficient (Wildman–Crippen LogP) is 2.72. The molecule has 0 spiro atoms. The van der Waals surface area contributed by atoms with E-state index in [9.17, 15) is 4.79 Å². The number of likely N-dealkylation sites (tertiary alicyclic amines) is 1. The highest BCUT2D eigenvalue weighted by molar-refractivity contribution is 5.79. The number of piperazine rings is 1. The summed E-state index contributed by atoms with van der Waals surface area (Å²) in [6.45, 7) is 9.87. The first-order chi connectivity index (χ1) is 13.6. The monoisotopic (exact) mass is 379 g/mol. The minimum Gasteiger partial charge on any atom is -0.487 e. The topological polar surface area (TPSA) is 36.0 Å². The Morgan fingerprint density at radius 2 is 1.64 bits per heavy atom. The molecule has 0 aromatic heterocycles. The van der Waals surface area contributed by atoms with Crippen molar-refractivity contribution in [2.24, 2.45) is 0 Å². The molecule has 2 fully saturated rings. The Kier molecular flexibility index (Phi) is 5.53. The molecule has 0 unspecified atom stereocenters. The lowest BCUT2D eigenvalue weighted by Crippen LogP contribution is -2.59. The fourth-order valence-corrected chi connectivity index (χ4v) is 3.88. The van der Waals surface area contributed by atoms with Crippen LogP contribution in [0.4, 0.5) is 5.69 Å². The van der Waals surface area contributed by atoms with Crippen LogP contribution >= 0.6 is 0 Å². The van der Waals surface area contributed by atoms with E-state index in [-0.39, 0.29) is 12.0 Å². The zero-order valence-corrected chi connectivity index (χ0v) is 16.8. The van der Waals surface area contributed by atoms with Crippen LogP contribution in [0.25, 0.3) is 0 Å². The number of hydrogen-bond acceptors (Lipinski definition) is 4. The van der Waals surface area contributed by atoms with Gasteiger partial charge in [-0.15, -0.1) is 0 Å². The SMILES string of the molecule is Cc1cccc(OC2CN(C(=O)CN3CCN(c4cccc(C)c4)CC3)C2)c1. The summed E-state index contributed by atoms with van der Waals surface area (Å²) in [6, 6.07) is 16.7. The second-order valence-corrected chi connectivity index (χ2v) is 7.96. The van der Waals surface area contributed by atoms with Gasteiger partial charge >= 0.3 is 0 Å². The minimum absolute atomic E-state index is 0.115. The van der Waals surface area contributed by atoms with E-state index in [1.54, 1.807) is 0 Å². The Bertz CT molecular complexity index is 824. The van der Waals surface area contributed by atoms with E-state index >= 15 is 0 Å². The summed E-state index contributed by atoms with van der Waals surface area (Å²) in [7, 11) is 0. The van der Waals surface area contributed by atoms with Gasteiger partial charge in [0.1, 0.15) is 11.9 Å². The quantitative estimate of drug-likeness (QED) is 0.800. The first kappa shape index (κ1) is 18.8. The van der Waals surface area contributed by atoms with Gasteiger partial charge in [-0.2, -0.15) is 0 Å². The number of anilines is 1. The smallest absolute Gasteiger partial charge is 0.237 e. The molecule has 2 saturated heterocycles. The summed E-state index contributed by atoms with van der Waals surface area (Å²) < 4.78 is 5.96. The fraction of sp³-hybridized carbons (Fsp3) is 0.435. The molecule has 0 atom stereocenters. The molecule has 2 aromatic rings. The van der Waals surface area contributed by atoms with Crippen LogP contribution in [0.1, 0.15) is 11.1 Å². The van der Waals surface area contributed by atoms with E-state index in [0.717, 1.165) is 31.9 Å². The Morgan fingerprint density at radius 1 is 0.964 bits per heavy atom. The maximum atomic E-state index is 12.6. The van der Waals surface area contributed by atoms with Gasteiger partial charge in [-0.1, -0.05) is 24.3 Å². The molecule has 148 valence electrons. The molecule has 0 N–H and O–H groups in total. The fourth-order valence-electron chi connectivity index (χ4n) is 3.88. The first-order valence-electron chi connectivity index (χ1n) is 10.1. The van der Waals surface area contributed by atoms with Crippen molar-refractivity contribution in [2.75, 3.05) is 50.7 Å². The molecule has 1 amide bonds. The van der Waals surface area contributed by atoms with Gasteiger partial charge in [-0.3, -0.25) is 9.69 Å². The summed E-state index contributed by atoms with van der Waals surface area (Å²) in [5, 5.41) is 0. The average molecular weight is 380 g/mol. The highest BCUT2D eigenvalue weighted by Crippen LogP contribution is 2.20. The number of aryl methyl sites for hydroxylation is 2. The highest BCUT2D eigenvalue weighted by atomic mass is 16.5. The molecule has 5 nitrogen and oxygen atoms in total. The second kappa shape index (κ2) is 8.23. The van der Waals surface area contributed by atoms with Crippen molar-refractivity contribution < 1.29 is 9.53 Å². The number of rotatable bonds is 5. The van der Waals surface area contributed by atoms with Crippen molar-refractivity contribution >= 4 is 11.6 Å². The van der Waals surface area contributed by atoms with Gasteiger partial charge in [-0.05, 0) is 49.2 Å². The van der Waals surface area contributed by atoms with E-state index in [0.29, 0.717) is 19.6 Å². The summed E-state index contributed by atoms with van der Waals surface area (Å²) in [5.74, 6) is 1.11. The zero-order chi connectivity index (χ0) is 19.5. The molecule has 2 aliphatic rings. The van der Waals surface area contributed by atoms with Crippen molar-refractivity contribution in [3.8, 4) is 5.75 Å². The number of ether oxygens (including phenoxy) is 1. The molecule has 5 heteroatoms. The van der Waals surface area contributed by atoms with E-state index < -0.39 is 0 Å². The van der Waals surface area contributed by atoms with Gasteiger partial charge in [0, 0.05) is 31.9 Å². The summed E-state index contributed by atoms with van der Waals surface area (Å²) in [6.07, 6.45) is 0.115. The summed E-state index contributed by atoms with van der Waals surface area (Å²) >= 11 is 0. The van der Waals surface area contributed by atoms with Crippen molar-refractivity contribution in [2.45, 2.75) is 20.0 Å². The zero-order valence-electron chi connectivity index (χ0n) is 16.8. The van der Waals surface area contributed by atoms with E-state index in [4.69, 9.17) is 4.74 Å². The van der Waals surface area contributed by atoms with E-state index in [1.165, 1.54) is 16.8 Å². The maximum absolute atomic E-state index is 12.6. The third-order valence-corrected chi connectivity index (χ3v) is 5.59. The number of benzene rings is 2. The number of nitrogens with zero attached hydrogens (tertiary/aromatic N) is 3. The Labute approximate surface area is 167 Å². The molecular weight excluding hydrogens is 350 g/mol. The van der Waals surface area contributed by atoms with Gasteiger partial charge < -0.3 is 14.5 Å². The van der Waals surface area contributed by atoms with Crippen LogP contribution in [0, 0.1) is 13.8 Å². The molecule has 28 heavy (non-hydrogen) atoms. The van der Waals surface area contributed by atoms with Crippen LogP contribution in [0.2, 0.25) is 0 Å². The third-order valence-electron chi connectivity index (χ3n) is 5.59. The lowest BCUT2D eigenvalue weighted by molar-refractivity contribution is -0.141. The van der Waals surface area contributed by atoms with Crippen LogP contribution in [0.5, 0.6) is 5.75 Å². The lowest BCUT2D eigenvalue weighted by atomic mass is 10.1. The molecule has 0 aliphatic carbocycles.